The van der Waals surface area contributed by atoms with Crippen molar-refractivity contribution in [3.63, 3.8) is 0 Å². The van der Waals surface area contributed by atoms with Crippen molar-refractivity contribution in [1.29, 1.82) is 0 Å². The Morgan fingerprint density at radius 1 is 0.586 bits per heavy atom. The van der Waals surface area contributed by atoms with Crippen LogP contribution in [0.15, 0.2) is 127 Å². The Morgan fingerprint density at radius 2 is 1.09 bits per heavy atom. The normalized spacial score (nSPS) is 11.3. The molecule has 2 aromatic heterocycles. The highest BCUT2D eigenvalue weighted by molar-refractivity contribution is 7.19. The van der Waals surface area contributed by atoms with E-state index >= 15 is 0 Å². The molecule has 7 nitrogen and oxygen atoms in total. The highest BCUT2D eigenvalue weighted by Gasteiger charge is 2.17. The van der Waals surface area contributed by atoms with Gasteiger partial charge in [0.2, 0.25) is 0 Å². The third-order valence-electron chi connectivity index (χ3n) is 10.1. The van der Waals surface area contributed by atoms with Crippen molar-refractivity contribution in [2.45, 2.75) is 65.2 Å². The van der Waals surface area contributed by atoms with E-state index in [-0.39, 0.29) is 0 Å². The zero-order valence-corrected chi connectivity index (χ0v) is 34.7. The van der Waals surface area contributed by atoms with Crippen LogP contribution in [-0.4, -0.2) is 33.0 Å². The number of aromatic nitrogens is 2. The summed E-state index contributed by atoms with van der Waals surface area (Å²) in [5.41, 5.74) is 9.89. The van der Waals surface area contributed by atoms with Crippen molar-refractivity contribution in [3.05, 3.63) is 133 Å². The highest BCUT2D eigenvalue weighted by atomic mass is 32.1. The van der Waals surface area contributed by atoms with Crippen LogP contribution in [0.1, 0.15) is 70.8 Å². The van der Waals surface area contributed by atoms with Crippen LogP contribution in [0, 0.1) is 0 Å². The van der Waals surface area contributed by atoms with Gasteiger partial charge in [0, 0.05) is 44.0 Å². The van der Waals surface area contributed by atoms with E-state index in [0.29, 0.717) is 0 Å². The second-order valence-corrected chi connectivity index (χ2v) is 15.9. The van der Waals surface area contributed by atoms with E-state index in [2.05, 4.69) is 120 Å². The number of benzene rings is 5. The standard InChI is InChI=1S/C49H49N3O4S2/c1-3-5-7-9-33-55-41-24-20-39(21-25-41)52(40-22-26-42(27-23-40)56-34-10-8-6-4-2)38-18-16-37(17-19-38)45-30-31-46(57-45)44-29-28-43(48-49(44)51-58-50-48)36-14-11-35(12-15-36)13-32-47(53)54/h11-32H,3-10,33-34H2,1-2H3,(H,53,54)/b32-13+. The number of carbonyl (C=O) groups is 1. The smallest absolute Gasteiger partial charge is 0.328 e. The van der Waals surface area contributed by atoms with Crippen molar-refractivity contribution in [2.75, 3.05) is 18.1 Å². The summed E-state index contributed by atoms with van der Waals surface area (Å²) in [6.07, 6.45) is 12.2. The van der Waals surface area contributed by atoms with Crippen molar-refractivity contribution >= 4 is 63.2 Å². The number of anilines is 3. The zero-order valence-electron chi connectivity index (χ0n) is 33.1. The highest BCUT2D eigenvalue weighted by Crippen LogP contribution is 2.42. The maximum atomic E-state index is 10.9. The van der Waals surface area contributed by atoms with Crippen molar-refractivity contribution in [2.24, 2.45) is 0 Å². The first-order valence-corrected chi connectivity index (χ1v) is 21.8. The number of carboxylic acid groups (broad SMARTS) is 1. The molecule has 0 radical (unpaired) electrons. The minimum Gasteiger partial charge on any atom is -0.494 e. The fourth-order valence-electron chi connectivity index (χ4n) is 6.92. The van der Waals surface area contributed by atoms with Crippen LogP contribution in [0.5, 0.6) is 11.5 Å². The molecular formula is C49H49N3O4S2. The molecule has 0 amide bonds. The summed E-state index contributed by atoms with van der Waals surface area (Å²) >= 11 is 2.95. The predicted molar refractivity (Wildman–Crippen MR) is 242 cm³/mol. The second kappa shape index (κ2) is 20.1. The number of carboxylic acids is 1. The number of hydrogen-bond acceptors (Lipinski definition) is 8. The minimum absolute atomic E-state index is 0.733. The number of unbranched alkanes of at least 4 members (excludes halogenated alkanes) is 6. The molecule has 0 saturated heterocycles. The molecule has 0 fully saturated rings. The van der Waals surface area contributed by atoms with Gasteiger partial charge in [-0.2, -0.15) is 8.75 Å². The average molecular weight is 808 g/mol. The summed E-state index contributed by atoms with van der Waals surface area (Å²) in [7, 11) is 0. The first-order valence-electron chi connectivity index (χ1n) is 20.2. The summed E-state index contributed by atoms with van der Waals surface area (Å²) in [5, 5.41) is 8.97. The lowest BCUT2D eigenvalue weighted by molar-refractivity contribution is -0.131. The van der Waals surface area contributed by atoms with Gasteiger partial charge in [-0.3, -0.25) is 0 Å². The molecule has 7 rings (SSSR count). The average Bonchev–Trinajstić information content (AvgIpc) is 3.96. The molecule has 2 heterocycles. The van der Waals surface area contributed by atoms with Crippen LogP contribution in [0.4, 0.5) is 17.1 Å². The van der Waals surface area contributed by atoms with Gasteiger partial charge in [0.05, 0.1) is 24.9 Å². The fraction of sp³-hybridized carbons (Fsp3) is 0.245. The van der Waals surface area contributed by atoms with Gasteiger partial charge in [-0.1, -0.05) is 101 Å². The van der Waals surface area contributed by atoms with Gasteiger partial charge >= 0.3 is 5.97 Å². The van der Waals surface area contributed by atoms with Crippen molar-refractivity contribution < 1.29 is 19.4 Å². The van der Waals surface area contributed by atoms with Crippen LogP contribution >= 0.6 is 23.1 Å². The number of ether oxygens (including phenoxy) is 2. The van der Waals surface area contributed by atoms with E-state index in [4.69, 9.17) is 19.0 Å². The largest absolute Gasteiger partial charge is 0.494 e. The molecule has 0 atom stereocenters. The van der Waals surface area contributed by atoms with Gasteiger partial charge in [0.1, 0.15) is 22.5 Å². The Hall–Kier alpha value is -5.77. The van der Waals surface area contributed by atoms with E-state index in [1.807, 2.05) is 24.3 Å². The van der Waals surface area contributed by atoms with Gasteiger partial charge in [-0.25, -0.2) is 4.79 Å². The van der Waals surface area contributed by atoms with Gasteiger partial charge < -0.3 is 19.5 Å². The SMILES string of the molecule is CCCCCCOc1ccc(N(c2ccc(OCCCCCC)cc2)c2ccc(-c3ccc(-c4ccc(-c5ccc(/C=C/C(=O)O)cc5)c5nsnc45)s3)cc2)cc1. The molecule has 9 heteroatoms. The molecule has 58 heavy (non-hydrogen) atoms. The number of thiophene rings is 1. The van der Waals surface area contributed by atoms with Gasteiger partial charge in [-0.05, 0) is 108 Å². The van der Waals surface area contributed by atoms with Gasteiger partial charge in [0.15, 0.2) is 0 Å². The van der Waals surface area contributed by atoms with Crippen LogP contribution < -0.4 is 14.4 Å². The molecule has 0 aliphatic carbocycles. The van der Waals surface area contributed by atoms with E-state index < -0.39 is 5.97 Å². The first-order chi connectivity index (χ1) is 28.5. The number of nitrogens with zero attached hydrogens (tertiary/aromatic N) is 3. The number of aliphatic carboxylic acids is 1. The van der Waals surface area contributed by atoms with Gasteiger partial charge in [-0.15, -0.1) is 11.3 Å². The Bertz CT molecular complexity index is 2340. The van der Waals surface area contributed by atoms with E-state index in [9.17, 15) is 4.79 Å². The molecule has 7 aromatic rings. The molecule has 0 unspecified atom stereocenters. The summed E-state index contributed by atoms with van der Waals surface area (Å²) < 4.78 is 21.6. The molecule has 5 aromatic carbocycles. The third kappa shape index (κ3) is 10.2. The lowest BCUT2D eigenvalue weighted by Crippen LogP contribution is -2.10. The number of hydrogen-bond donors (Lipinski definition) is 1. The summed E-state index contributed by atoms with van der Waals surface area (Å²) in [6.45, 7) is 5.92. The lowest BCUT2D eigenvalue weighted by atomic mass is 9.99. The summed E-state index contributed by atoms with van der Waals surface area (Å²) in [5.74, 6) is 0.803. The van der Waals surface area contributed by atoms with E-state index in [0.717, 1.165) is 104 Å². The van der Waals surface area contributed by atoms with Gasteiger partial charge in [0.25, 0.3) is 0 Å². The Kier molecular flexibility index (Phi) is 14.0. The van der Waals surface area contributed by atoms with Crippen LogP contribution in [0.3, 0.4) is 0 Å². The molecule has 1 N–H and O–H groups in total. The maximum absolute atomic E-state index is 10.9. The van der Waals surface area contributed by atoms with Crippen LogP contribution in [0.2, 0.25) is 0 Å². The predicted octanol–water partition coefficient (Wildman–Crippen LogP) is 14.2. The van der Waals surface area contributed by atoms with Crippen LogP contribution in [-0.2, 0) is 4.79 Å². The molecule has 0 saturated carbocycles. The Labute approximate surface area is 349 Å². The molecule has 0 bridgehead atoms. The monoisotopic (exact) mass is 807 g/mol. The fourth-order valence-corrected chi connectivity index (χ4v) is 8.53. The number of fused-ring (bicyclic) bond motifs is 1. The number of rotatable bonds is 20. The quantitative estimate of drug-likeness (QED) is 0.0606. The van der Waals surface area contributed by atoms with E-state index in [1.54, 1.807) is 17.4 Å². The topological polar surface area (TPSA) is 84.8 Å². The first kappa shape index (κ1) is 40.4. The van der Waals surface area contributed by atoms with Crippen molar-refractivity contribution in [1.82, 2.24) is 8.75 Å². The second-order valence-electron chi connectivity index (χ2n) is 14.3. The summed E-state index contributed by atoms with van der Waals surface area (Å²) in [4.78, 5) is 15.5. The molecule has 0 aliphatic rings. The Morgan fingerprint density at radius 3 is 1.64 bits per heavy atom. The zero-order chi connectivity index (χ0) is 40.1. The van der Waals surface area contributed by atoms with Crippen LogP contribution in [0.25, 0.3) is 49.1 Å². The molecular weight excluding hydrogens is 759 g/mol. The lowest BCUT2D eigenvalue weighted by Gasteiger charge is -2.26. The van der Waals surface area contributed by atoms with Crippen molar-refractivity contribution in [3.8, 4) is 43.5 Å². The Balaban J connectivity index is 1.11. The molecule has 0 spiro atoms. The summed E-state index contributed by atoms with van der Waals surface area (Å²) in [6, 6.07) is 41.9. The maximum Gasteiger partial charge on any atom is 0.328 e. The van der Waals surface area contributed by atoms with E-state index in [1.165, 1.54) is 55.1 Å². The minimum atomic E-state index is -0.970. The molecule has 0 aliphatic heterocycles. The third-order valence-corrected chi connectivity index (χ3v) is 11.8. The molecule has 296 valence electrons.